The predicted molar refractivity (Wildman–Crippen MR) is 119 cm³/mol. The Balaban J connectivity index is 1.74. The van der Waals surface area contributed by atoms with Crippen LogP contribution in [0, 0.1) is 0 Å². The van der Waals surface area contributed by atoms with E-state index in [0.29, 0.717) is 22.0 Å². The number of nitrogens with one attached hydrogen (secondary N) is 1. The predicted octanol–water partition coefficient (Wildman–Crippen LogP) is 4.47. The lowest BCUT2D eigenvalue weighted by Gasteiger charge is -2.20. The fraction of sp³-hybridized carbons (Fsp3) is 0.571. The van der Waals surface area contributed by atoms with Crippen molar-refractivity contribution < 1.29 is 4.79 Å². The molecule has 1 aliphatic carbocycles. The Labute approximate surface area is 182 Å². The first-order chi connectivity index (χ1) is 14.0. The minimum absolute atomic E-state index is 0.0646. The third kappa shape index (κ3) is 5.96. The molecule has 0 spiro atoms. The van der Waals surface area contributed by atoms with E-state index in [1.165, 1.54) is 37.4 Å². The van der Waals surface area contributed by atoms with Crippen LogP contribution in [-0.2, 0) is 4.79 Å². The first-order valence-corrected chi connectivity index (χ1v) is 11.6. The number of carbonyl (C=O) groups excluding carboxylic acids is 1. The van der Waals surface area contributed by atoms with Gasteiger partial charge in [-0.1, -0.05) is 49.0 Å². The zero-order valence-electron chi connectivity index (χ0n) is 17.4. The van der Waals surface area contributed by atoms with Gasteiger partial charge in [-0.3, -0.25) is 14.3 Å². The van der Waals surface area contributed by atoms with Gasteiger partial charge >= 0.3 is 0 Å². The number of thioether (sulfide) groups is 1. The van der Waals surface area contributed by atoms with Crippen LogP contribution in [0.5, 0.6) is 0 Å². The number of aromatic nitrogens is 3. The van der Waals surface area contributed by atoms with Crippen LogP contribution in [-0.4, -0.2) is 51.5 Å². The van der Waals surface area contributed by atoms with E-state index in [4.69, 9.17) is 11.6 Å². The number of nitrogens with zero attached hydrogens (tertiary/aromatic N) is 4. The van der Waals surface area contributed by atoms with Gasteiger partial charge < -0.3 is 5.32 Å². The molecule has 1 atom stereocenters. The summed E-state index contributed by atoms with van der Waals surface area (Å²) < 4.78 is 2.02. The topological polar surface area (TPSA) is 63.1 Å². The molecule has 0 radical (unpaired) electrons. The number of halogens is 1. The number of hydrogen-bond donors (Lipinski definition) is 1. The molecule has 6 nitrogen and oxygen atoms in total. The molecule has 2 aromatic rings. The molecular weight excluding hydrogens is 406 g/mol. The Bertz CT molecular complexity index is 800. The summed E-state index contributed by atoms with van der Waals surface area (Å²) in [6.07, 6.45) is 7.13. The third-order valence-electron chi connectivity index (χ3n) is 5.44. The third-order valence-corrected chi connectivity index (χ3v) is 6.63. The first-order valence-electron chi connectivity index (χ1n) is 10.3. The molecule has 1 amide bonds. The summed E-state index contributed by atoms with van der Waals surface area (Å²) in [6, 6.07) is 8.00. The lowest BCUT2D eigenvalue weighted by Crippen LogP contribution is -2.35. The molecule has 1 aromatic heterocycles. The monoisotopic (exact) mass is 435 g/mol. The maximum atomic E-state index is 12.5. The fourth-order valence-electron chi connectivity index (χ4n) is 3.53. The van der Waals surface area contributed by atoms with E-state index < -0.39 is 0 Å². The average Bonchev–Trinajstić information content (AvgIpc) is 2.95. The smallest absolute Gasteiger partial charge is 0.230 e. The highest BCUT2D eigenvalue weighted by atomic mass is 35.5. The van der Waals surface area contributed by atoms with E-state index in [2.05, 4.69) is 27.3 Å². The van der Waals surface area contributed by atoms with Gasteiger partial charge in [-0.05, 0) is 58.1 Å². The van der Waals surface area contributed by atoms with Gasteiger partial charge in [-0.15, -0.1) is 10.2 Å². The van der Waals surface area contributed by atoms with Crippen LogP contribution in [0.4, 0.5) is 0 Å². The van der Waals surface area contributed by atoms with Crippen molar-refractivity contribution in [2.75, 3.05) is 19.8 Å². The summed E-state index contributed by atoms with van der Waals surface area (Å²) in [5.41, 5.74) is 0.940. The van der Waals surface area contributed by atoms with Crippen molar-refractivity contribution in [1.82, 2.24) is 25.0 Å². The molecule has 1 aliphatic rings. The van der Waals surface area contributed by atoms with E-state index >= 15 is 0 Å². The summed E-state index contributed by atoms with van der Waals surface area (Å²) in [7, 11) is 4.02. The van der Waals surface area contributed by atoms with Crippen LogP contribution in [0.25, 0.3) is 5.69 Å². The van der Waals surface area contributed by atoms with E-state index in [1.54, 1.807) is 0 Å². The highest BCUT2D eigenvalue weighted by Crippen LogP contribution is 2.27. The van der Waals surface area contributed by atoms with Gasteiger partial charge in [-0.25, -0.2) is 0 Å². The molecule has 1 aromatic carbocycles. The SMILES string of the molecule is CC(c1nnc(SCC(=O)NC2CCCCCC2)n1-c1ccc(Cl)cc1)N(C)C. The van der Waals surface area contributed by atoms with Crippen LogP contribution in [0.2, 0.25) is 5.02 Å². The van der Waals surface area contributed by atoms with Crippen LogP contribution in [0.15, 0.2) is 29.4 Å². The van der Waals surface area contributed by atoms with Crippen LogP contribution < -0.4 is 5.32 Å². The minimum Gasteiger partial charge on any atom is -0.353 e. The second kappa shape index (κ2) is 10.5. The second-order valence-corrected chi connectivity index (χ2v) is 9.22. The molecule has 1 fully saturated rings. The standard InChI is InChI=1S/C21H30ClN5OS/c1-15(26(2)3)20-24-25-21(27(20)18-12-10-16(22)11-13-18)29-14-19(28)23-17-8-6-4-5-7-9-17/h10-13,15,17H,4-9,14H2,1-3H3,(H,23,28). The summed E-state index contributed by atoms with van der Waals surface area (Å²) in [5, 5.41) is 13.4. The normalized spacial score (nSPS) is 16.6. The van der Waals surface area contributed by atoms with E-state index in [1.807, 2.05) is 42.9 Å². The number of hydrogen-bond acceptors (Lipinski definition) is 5. The molecule has 3 rings (SSSR count). The molecular formula is C21H30ClN5OS. The zero-order chi connectivity index (χ0) is 20.8. The summed E-state index contributed by atoms with van der Waals surface area (Å²) >= 11 is 7.49. The second-order valence-electron chi connectivity index (χ2n) is 7.84. The van der Waals surface area contributed by atoms with Gasteiger partial charge in [0.1, 0.15) is 0 Å². The van der Waals surface area contributed by atoms with E-state index in [0.717, 1.165) is 24.4 Å². The maximum Gasteiger partial charge on any atom is 0.230 e. The Morgan fingerprint density at radius 1 is 1.21 bits per heavy atom. The van der Waals surface area contributed by atoms with Crippen molar-refractivity contribution in [2.45, 2.75) is 62.7 Å². The summed E-state index contributed by atoms with van der Waals surface area (Å²) in [4.78, 5) is 14.6. The van der Waals surface area contributed by atoms with Crippen molar-refractivity contribution in [3.05, 3.63) is 35.1 Å². The molecule has 158 valence electrons. The Morgan fingerprint density at radius 3 is 2.48 bits per heavy atom. The molecule has 1 heterocycles. The number of benzene rings is 1. The van der Waals surface area contributed by atoms with Crippen molar-refractivity contribution in [3.8, 4) is 5.69 Å². The van der Waals surface area contributed by atoms with E-state index in [9.17, 15) is 4.79 Å². The Morgan fingerprint density at radius 2 is 1.86 bits per heavy atom. The first kappa shape index (κ1) is 22.1. The van der Waals surface area contributed by atoms with Crippen molar-refractivity contribution in [3.63, 3.8) is 0 Å². The van der Waals surface area contributed by atoms with Gasteiger partial charge in [-0.2, -0.15) is 0 Å². The van der Waals surface area contributed by atoms with E-state index in [-0.39, 0.29) is 11.9 Å². The lowest BCUT2D eigenvalue weighted by atomic mass is 10.1. The van der Waals surface area contributed by atoms with Crippen molar-refractivity contribution in [1.29, 1.82) is 0 Å². The van der Waals surface area contributed by atoms with Crippen LogP contribution >= 0.6 is 23.4 Å². The maximum absolute atomic E-state index is 12.5. The van der Waals surface area contributed by atoms with Crippen molar-refractivity contribution in [2.24, 2.45) is 0 Å². The van der Waals surface area contributed by atoms with Gasteiger partial charge in [0.15, 0.2) is 11.0 Å². The molecule has 0 aliphatic heterocycles. The minimum atomic E-state index is 0.0646. The Hall–Kier alpha value is -1.57. The summed E-state index contributed by atoms with van der Waals surface area (Å²) in [6.45, 7) is 2.09. The van der Waals surface area contributed by atoms with Gasteiger partial charge in [0.2, 0.25) is 5.91 Å². The molecule has 0 bridgehead atoms. The highest BCUT2D eigenvalue weighted by Gasteiger charge is 2.22. The lowest BCUT2D eigenvalue weighted by molar-refractivity contribution is -0.119. The van der Waals surface area contributed by atoms with Crippen LogP contribution in [0.1, 0.15) is 57.3 Å². The fourth-order valence-corrected chi connectivity index (χ4v) is 4.43. The molecule has 29 heavy (non-hydrogen) atoms. The van der Waals surface area contributed by atoms with Crippen molar-refractivity contribution >= 4 is 29.3 Å². The molecule has 1 unspecified atom stereocenters. The van der Waals surface area contributed by atoms with Gasteiger partial charge in [0.05, 0.1) is 11.8 Å². The molecule has 1 saturated carbocycles. The highest BCUT2D eigenvalue weighted by molar-refractivity contribution is 7.99. The average molecular weight is 436 g/mol. The Kier molecular flexibility index (Phi) is 7.98. The zero-order valence-corrected chi connectivity index (χ0v) is 19.0. The molecule has 8 heteroatoms. The van der Waals surface area contributed by atoms with Crippen LogP contribution in [0.3, 0.4) is 0 Å². The van der Waals surface area contributed by atoms with Gasteiger partial charge in [0, 0.05) is 16.8 Å². The number of carbonyl (C=O) groups is 1. The number of amides is 1. The molecule has 0 saturated heterocycles. The number of rotatable bonds is 7. The summed E-state index contributed by atoms with van der Waals surface area (Å²) in [5.74, 6) is 1.23. The quantitative estimate of drug-likeness (QED) is 0.513. The van der Waals surface area contributed by atoms with Gasteiger partial charge in [0.25, 0.3) is 0 Å². The largest absolute Gasteiger partial charge is 0.353 e. The molecule has 1 N–H and O–H groups in total.